The van der Waals surface area contributed by atoms with Gasteiger partial charge in [-0.3, -0.25) is 4.79 Å². The maximum Gasteiger partial charge on any atom is 0.344 e. The number of carbonyl (C=O) groups excluding carboxylic acids is 1. The lowest BCUT2D eigenvalue weighted by molar-refractivity contribution is -0.147. The lowest BCUT2D eigenvalue weighted by Crippen LogP contribution is -2.19. The third kappa shape index (κ3) is 4.67. The molecule has 1 aromatic heterocycles. The molecule has 0 amide bonds. The Labute approximate surface area is 179 Å². The number of carbonyl (C=O) groups is 1. The average molecular weight is 414 g/mol. The monoisotopic (exact) mass is 414 g/mol. The van der Waals surface area contributed by atoms with E-state index in [1.54, 1.807) is 6.07 Å². The standard InChI is InChI=1S/C26H22O5/c1-17-8-11-20(12-9-17)25-26(24(28)21-13-10-18(2)14-22(21)31-25)30-16-23(27)29-15-19-6-4-3-5-7-19/h3-14H,15-16H2,1-2H3. The third-order valence-corrected chi connectivity index (χ3v) is 4.90. The molecule has 0 saturated carbocycles. The number of benzene rings is 3. The highest BCUT2D eigenvalue weighted by Crippen LogP contribution is 2.31. The minimum absolute atomic E-state index is 0.00290. The molecule has 0 aliphatic carbocycles. The molecule has 5 nitrogen and oxygen atoms in total. The number of esters is 1. The van der Waals surface area contributed by atoms with Crippen molar-refractivity contribution in [1.29, 1.82) is 0 Å². The Morgan fingerprint density at radius 3 is 2.35 bits per heavy atom. The first-order valence-electron chi connectivity index (χ1n) is 9.98. The molecule has 0 radical (unpaired) electrons. The molecule has 0 aliphatic heterocycles. The number of aryl methyl sites for hydroxylation is 2. The van der Waals surface area contributed by atoms with Crippen LogP contribution in [0.3, 0.4) is 0 Å². The van der Waals surface area contributed by atoms with Gasteiger partial charge < -0.3 is 13.9 Å². The molecule has 0 fully saturated rings. The first-order chi connectivity index (χ1) is 15.0. The minimum Gasteiger partial charge on any atom is -0.474 e. The Balaban J connectivity index is 1.63. The largest absolute Gasteiger partial charge is 0.474 e. The van der Waals surface area contributed by atoms with Crippen LogP contribution in [-0.2, 0) is 16.1 Å². The molecule has 4 aromatic rings. The predicted octanol–water partition coefficient (Wildman–Crippen LogP) is 5.20. The summed E-state index contributed by atoms with van der Waals surface area (Å²) in [7, 11) is 0. The normalized spacial score (nSPS) is 10.8. The lowest BCUT2D eigenvalue weighted by atomic mass is 10.1. The molecule has 31 heavy (non-hydrogen) atoms. The van der Waals surface area contributed by atoms with E-state index in [1.165, 1.54) is 0 Å². The fourth-order valence-electron chi connectivity index (χ4n) is 3.22. The topological polar surface area (TPSA) is 65.7 Å². The Kier molecular flexibility index (Phi) is 5.85. The van der Waals surface area contributed by atoms with Gasteiger partial charge in [0.25, 0.3) is 0 Å². The molecule has 1 heterocycles. The van der Waals surface area contributed by atoms with E-state index in [-0.39, 0.29) is 17.8 Å². The van der Waals surface area contributed by atoms with E-state index in [2.05, 4.69) is 0 Å². The summed E-state index contributed by atoms with van der Waals surface area (Å²) in [6.45, 7) is 3.65. The van der Waals surface area contributed by atoms with Crippen molar-refractivity contribution in [2.75, 3.05) is 6.61 Å². The Morgan fingerprint density at radius 2 is 1.61 bits per heavy atom. The van der Waals surface area contributed by atoms with Crippen LogP contribution in [0.15, 0.2) is 82.0 Å². The van der Waals surface area contributed by atoms with E-state index in [9.17, 15) is 9.59 Å². The van der Waals surface area contributed by atoms with Crippen LogP contribution in [0, 0.1) is 13.8 Å². The molecule has 156 valence electrons. The zero-order chi connectivity index (χ0) is 21.8. The van der Waals surface area contributed by atoms with Gasteiger partial charge in [0.2, 0.25) is 11.2 Å². The lowest BCUT2D eigenvalue weighted by Gasteiger charge is -2.12. The van der Waals surface area contributed by atoms with Crippen LogP contribution in [-0.4, -0.2) is 12.6 Å². The number of ether oxygens (including phenoxy) is 2. The molecule has 0 saturated heterocycles. The van der Waals surface area contributed by atoms with Crippen LogP contribution in [0.5, 0.6) is 5.75 Å². The number of hydrogen-bond acceptors (Lipinski definition) is 5. The van der Waals surface area contributed by atoms with Gasteiger partial charge in [-0.25, -0.2) is 4.79 Å². The summed E-state index contributed by atoms with van der Waals surface area (Å²) < 4.78 is 17.0. The van der Waals surface area contributed by atoms with E-state index in [0.29, 0.717) is 22.3 Å². The minimum atomic E-state index is -0.567. The number of hydrogen-bond donors (Lipinski definition) is 0. The second-order valence-electron chi connectivity index (χ2n) is 7.39. The Morgan fingerprint density at radius 1 is 0.903 bits per heavy atom. The van der Waals surface area contributed by atoms with Gasteiger partial charge in [0.05, 0.1) is 5.39 Å². The smallest absolute Gasteiger partial charge is 0.344 e. The molecule has 4 rings (SSSR count). The molecule has 5 heteroatoms. The van der Waals surface area contributed by atoms with E-state index >= 15 is 0 Å². The molecule has 0 spiro atoms. The van der Waals surface area contributed by atoms with E-state index in [1.807, 2.05) is 80.6 Å². The summed E-state index contributed by atoms with van der Waals surface area (Å²) in [6.07, 6.45) is 0. The number of rotatable bonds is 6. The molecular weight excluding hydrogens is 392 g/mol. The molecular formula is C26H22O5. The van der Waals surface area contributed by atoms with Crippen LogP contribution < -0.4 is 10.2 Å². The second kappa shape index (κ2) is 8.88. The van der Waals surface area contributed by atoms with Crippen molar-refractivity contribution in [3.8, 4) is 17.1 Å². The highest BCUT2D eigenvalue weighted by atomic mass is 16.6. The van der Waals surface area contributed by atoms with Crippen LogP contribution >= 0.6 is 0 Å². The van der Waals surface area contributed by atoms with E-state index < -0.39 is 12.6 Å². The number of fused-ring (bicyclic) bond motifs is 1. The summed E-state index contributed by atoms with van der Waals surface area (Å²) in [6, 6.07) is 22.3. The quantitative estimate of drug-likeness (QED) is 0.406. The second-order valence-corrected chi connectivity index (χ2v) is 7.39. The van der Waals surface area contributed by atoms with E-state index in [4.69, 9.17) is 13.9 Å². The average Bonchev–Trinajstić information content (AvgIpc) is 2.78. The molecule has 3 aromatic carbocycles. The maximum absolute atomic E-state index is 13.2. The first kappa shape index (κ1) is 20.4. The fourth-order valence-corrected chi connectivity index (χ4v) is 3.22. The van der Waals surface area contributed by atoms with Crippen LogP contribution in [0.25, 0.3) is 22.3 Å². The van der Waals surface area contributed by atoms with Gasteiger partial charge in [0.15, 0.2) is 12.4 Å². The Bertz CT molecular complexity index is 1270. The van der Waals surface area contributed by atoms with Gasteiger partial charge in [-0.1, -0.05) is 66.2 Å². The molecule has 0 N–H and O–H groups in total. The van der Waals surface area contributed by atoms with Gasteiger partial charge >= 0.3 is 5.97 Å². The van der Waals surface area contributed by atoms with Gasteiger partial charge in [-0.2, -0.15) is 0 Å². The Hall–Kier alpha value is -3.86. The zero-order valence-electron chi connectivity index (χ0n) is 17.4. The molecule has 0 aliphatic rings. The van der Waals surface area contributed by atoms with Crippen LogP contribution in [0.2, 0.25) is 0 Å². The first-order valence-corrected chi connectivity index (χ1v) is 9.98. The van der Waals surface area contributed by atoms with Gasteiger partial charge in [-0.15, -0.1) is 0 Å². The molecule has 0 bridgehead atoms. The highest BCUT2D eigenvalue weighted by Gasteiger charge is 2.19. The van der Waals surface area contributed by atoms with Crippen molar-refractivity contribution in [3.63, 3.8) is 0 Å². The predicted molar refractivity (Wildman–Crippen MR) is 119 cm³/mol. The van der Waals surface area contributed by atoms with Crippen molar-refractivity contribution in [1.82, 2.24) is 0 Å². The summed E-state index contributed by atoms with van der Waals surface area (Å²) in [5.41, 5.74) is 3.76. The highest BCUT2D eigenvalue weighted by molar-refractivity contribution is 5.83. The summed E-state index contributed by atoms with van der Waals surface area (Å²) in [5.74, 6) is -0.280. The van der Waals surface area contributed by atoms with Gasteiger partial charge in [0.1, 0.15) is 12.2 Å². The summed E-state index contributed by atoms with van der Waals surface area (Å²) in [5, 5.41) is 0.397. The van der Waals surface area contributed by atoms with Gasteiger partial charge in [-0.05, 0) is 37.1 Å². The SMILES string of the molecule is Cc1ccc(-c2oc3cc(C)ccc3c(=O)c2OCC(=O)OCc2ccccc2)cc1. The van der Waals surface area contributed by atoms with Crippen molar-refractivity contribution in [2.45, 2.75) is 20.5 Å². The van der Waals surface area contributed by atoms with E-state index in [0.717, 1.165) is 16.7 Å². The third-order valence-electron chi connectivity index (χ3n) is 4.90. The van der Waals surface area contributed by atoms with Crippen molar-refractivity contribution >= 4 is 16.9 Å². The van der Waals surface area contributed by atoms with Crippen LogP contribution in [0.1, 0.15) is 16.7 Å². The summed E-state index contributed by atoms with van der Waals surface area (Å²) in [4.78, 5) is 25.4. The van der Waals surface area contributed by atoms with Crippen molar-refractivity contribution < 1.29 is 18.7 Å². The summed E-state index contributed by atoms with van der Waals surface area (Å²) >= 11 is 0. The fraction of sp³-hybridized carbons (Fsp3) is 0.154. The molecule has 0 atom stereocenters. The molecule has 0 unspecified atom stereocenters. The van der Waals surface area contributed by atoms with Crippen molar-refractivity contribution in [3.05, 3.63) is 99.7 Å². The zero-order valence-corrected chi connectivity index (χ0v) is 17.4. The van der Waals surface area contributed by atoms with Gasteiger partial charge in [0, 0.05) is 5.56 Å². The maximum atomic E-state index is 13.2. The van der Waals surface area contributed by atoms with Crippen LogP contribution in [0.4, 0.5) is 0 Å². The van der Waals surface area contributed by atoms with Crippen molar-refractivity contribution in [2.24, 2.45) is 0 Å².